The van der Waals surface area contributed by atoms with Gasteiger partial charge < -0.3 is 14.7 Å². The fourth-order valence-electron chi connectivity index (χ4n) is 2.25. The average molecular weight is 270 g/mol. The first-order chi connectivity index (χ1) is 8.45. The van der Waals surface area contributed by atoms with Crippen molar-refractivity contribution >= 4 is 22.4 Å². The molecule has 1 aromatic rings. The summed E-state index contributed by atoms with van der Waals surface area (Å²) in [7, 11) is 1.72. The molecule has 0 aromatic carbocycles. The third kappa shape index (κ3) is 2.49. The number of nitrogens with zero attached hydrogens (tertiary/aromatic N) is 2. The summed E-state index contributed by atoms with van der Waals surface area (Å²) in [4.78, 5) is 17.8. The van der Waals surface area contributed by atoms with E-state index in [0.29, 0.717) is 10.6 Å². The summed E-state index contributed by atoms with van der Waals surface area (Å²) in [6, 6.07) is 0. The molecule has 1 unspecified atom stereocenters. The minimum Gasteiger partial charge on any atom is -0.477 e. The third-order valence-electron chi connectivity index (χ3n) is 3.40. The molecule has 0 radical (unpaired) electrons. The van der Waals surface area contributed by atoms with Crippen LogP contribution < -0.4 is 4.90 Å². The van der Waals surface area contributed by atoms with E-state index in [1.54, 1.807) is 14.0 Å². The second-order valence-electron chi connectivity index (χ2n) is 4.90. The number of aromatic nitrogens is 1. The average Bonchev–Trinajstić information content (AvgIpc) is 2.72. The highest BCUT2D eigenvalue weighted by molar-refractivity contribution is 7.17. The second kappa shape index (κ2) is 4.85. The minimum absolute atomic E-state index is 0.165. The van der Waals surface area contributed by atoms with Gasteiger partial charge in [0.25, 0.3) is 0 Å². The Labute approximate surface area is 110 Å². The Morgan fingerprint density at radius 1 is 1.61 bits per heavy atom. The van der Waals surface area contributed by atoms with E-state index in [1.807, 2.05) is 0 Å². The molecule has 1 aliphatic rings. The van der Waals surface area contributed by atoms with Gasteiger partial charge in [-0.25, -0.2) is 9.78 Å². The van der Waals surface area contributed by atoms with Crippen molar-refractivity contribution in [3.05, 3.63) is 10.6 Å². The van der Waals surface area contributed by atoms with Crippen molar-refractivity contribution in [1.82, 2.24) is 4.98 Å². The number of anilines is 1. The zero-order chi connectivity index (χ0) is 13.3. The predicted octanol–water partition coefficient (Wildman–Crippen LogP) is 2.16. The summed E-state index contributed by atoms with van der Waals surface area (Å²) >= 11 is 1.25. The van der Waals surface area contributed by atoms with Gasteiger partial charge in [0.2, 0.25) is 0 Å². The molecule has 1 aromatic heterocycles. The molecule has 18 heavy (non-hydrogen) atoms. The number of hydrogen-bond donors (Lipinski definition) is 1. The molecule has 1 fully saturated rings. The zero-order valence-corrected chi connectivity index (χ0v) is 11.7. The third-order valence-corrected chi connectivity index (χ3v) is 4.61. The Bertz CT molecular complexity index is 460. The standard InChI is InChI=1S/C12H18N2O3S/c1-8-9(10(15)16)18-11(13-8)14-6-4-5-12(2,7-14)17-3/h4-7H2,1-3H3,(H,15,16). The molecule has 0 amide bonds. The van der Waals surface area contributed by atoms with E-state index in [-0.39, 0.29) is 5.60 Å². The van der Waals surface area contributed by atoms with Gasteiger partial charge in [-0.15, -0.1) is 0 Å². The normalized spacial score (nSPS) is 24.3. The lowest BCUT2D eigenvalue weighted by Crippen LogP contribution is -2.47. The molecule has 100 valence electrons. The lowest BCUT2D eigenvalue weighted by molar-refractivity contribution is -0.00466. The molecule has 5 nitrogen and oxygen atoms in total. The first-order valence-electron chi connectivity index (χ1n) is 5.96. The van der Waals surface area contributed by atoms with Gasteiger partial charge in [0.1, 0.15) is 4.88 Å². The predicted molar refractivity (Wildman–Crippen MR) is 70.7 cm³/mol. The molecule has 0 bridgehead atoms. The molecule has 1 saturated heterocycles. The summed E-state index contributed by atoms with van der Waals surface area (Å²) < 4.78 is 5.53. The maximum Gasteiger partial charge on any atom is 0.347 e. The smallest absolute Gasteiger partial charge is 0.347 e. The summed E-state index contributed by atoms with van der Waals surface area (Å²) in [6.07, 6.45) is 2.06. The number of hydrogen-bond acceptors (Lipinski definition) is 5. The summed E-state index contributed by atoms with van der Waals surface area (Å²) in [5.74, 6) is -0.900. The van der Waals surface area contributed by atoms with Crippen molar-refractivity contribution in [2.45, 2.75) is 32.3 Å². The second-order valence-corrected chi connectivity index (χ2v) is 5.87. The largest absolute Gasteiger partial charge is 0.477 e. The highest BCUT2D eigenvalue weighted by Crippen LogP contribution is 2.32. The van der Waals surface area contributed by atoms with Gasteiger partial charge in [-0.2, -0.15) is 0 Å². The number of aryl methyl sites for hydroxylation is 1. The Balaban J connectivity index is 2.21. The van der Waals surface area contributed by atoms with Crippen molar-refractivity contribution in [3.8, 4) is 0 Å². The van der Waals surface area contributed by atoms with Gasteiger partial charge in [0.15, 0.2) is 5.13 Å². The van der Waals surface area contributed by atoms with Gasteiger partial charge in [-0.3, -0.25) is 0 Å². The van der Waals surface area contributed by atoms with Crippen LogP contribution >= 0.6 is 11.3 Å². The lowest BCUT2D eigenvalue weighted by Gasteiger charge is -2.39. The van der Waals surface area contributed by atoms with E-state index < -0.39 is 5.97 Å². The lowest BCUT2D eigenvalue weighted by atomic mass is 9.95. The maximum atomic E-state index is 11.0. The Morgan fingerprint density at radius 3 is 2.89 bits per heavy atom. The van der Waals surface area contributed by atoms with E-state index in [2.05, 4.69) is 16.8 Å². The van der Waals surface area contributed by atoms with Crippen LogP contribution in [-0.2, 0) is 4.74 Å². The van der Waals surface area contributed by atoms with Crippen LogP contribution in [0.5, 0.6) is 0 Å². The van der Waals surface area contributed by atoms with Gasteiger partial charge in [-0.1, -0.05) is 11.3 Å². The molecular formula is C12H18N2O3S. The number of carboxylic acids is 1. The van der Waals surface area contributed by atoms with Crippen molar-refractivity contribution in [2.75, 3.05) is 25.1 Å². The summed E-state index contributed by atoms with van der Waals surface area (Å²) in [5.41, 5.74) is 0.425. The SMILES string of the molecule is COC1(C)CCCN(c2nc(C)c(C(=O)O)s2)C1. The number of thiazole rings is 1. The van der Waals surface area contributed by atoms with Crippen LogP contribution in [0.3, 0.4) is 0 Å². The molecule has 2 heterocycles. The fourth-order valence-corrected chi connectivity index (χ4v) is 3.18. The molecule has 2 rings (SSSR count). The quantitative estimate of drug-likeness (QED) is 0.912. The van der Waals surface area contributed by atoms with Crippen LogP contribution in [0.25, 0.3) is 0 Å². The molecule has 0 spiro atoms. The first-order valence-corrected chi connectivity index (χ1v) is 6.78. The van der Waals surface area contributed by atoms with E-state index in [0.717, 1.165) is 31.1 Å². The van der Waals surface area contributed by atoms with Crippen LogP contribution in [0.2, 0.25) is 0 Å². The topological polar surface area (TPSA) is 62.7 Å². The van der Waals surface area contributed by atoms with Crippen molar-refractivity contribution in [2.24, 2.45) is 0 Å². The maximum absolute atomic E-state index is 11.0. The number of carbonyl (C=O) groups is 1. The van der Waals surface area contributed by atoms with E-state index >= 15 is 0 Å². The van der Waals surface area contributed by atoms with Crippen molar-refractivity contribution in [3.63, 3.8) is 0 Å². The van der Waals surface area contributed by atoms with Gasteiger partial charge >= 0.3 is 5.97 Å². The van der Waals surface area contributed by atoms with E-state index in [9.17, 15) is 4.79 Å². The molecule has 1 atom stereocenters. The number of piperidine rings is 1. The Morgan fingerprint density at radius 2 is 2.33 bits per heavy atom. The molecule has 0 aliphatic carbocycles. The number of methoxy groups -OCH3 is 1. The highest BCUT2D eigenvalue weighted by Gasteiger charge is 2.32. The number of carboxylic acid groups (broad SMARTS) is 1. The van der Waals surface area contributed by atoms with Crippen LogP contribution in [-0.4, -0.2) is 41.9 Å². The minimum atomic E-state index is -0.900. The summed E-state index contributed by atoms with van der Waals surface area (Å²) in [6.45, 7) is 5.49. The van der Waals surface area contributed by atoms with Gasteiger partial charge in [0, 0.05) is 20.2 Å². The molecular weight excluding hydrogens is 252 g/mol. The Kier molecular flexibility index (Phi) is 3.59. The number of ether oxygens (including phenoxy) is 1. The molecule has 0 saturated carbocycles. The van der Waals surface area contributed by atoms with Gasteiger partial charge in [-0.05, 0) is 26.7 Å². The van der Waals surface area contributed by atoms with Crippen LogP contribution in [0.15, 0.2) is 0 Å². The summed E-state index contributed by atoms with van der Waals surface area (Å²) in [5, 5.41) is 9.84. The van der Waals surface area contributed by atoms with Crippen LogP contribution in [0, 0.1) is 6.92 Å². The number of rotatable bonds is 3. The number of aromatic carboxylic acids is 1. The zero-order valence-electron chi connectivity index (χ0n) is 10.9. The fraction of sp³-hybridized carbons (Fsp3) is 0.667. The molecule has 6 heteroatoms. The molecule has 1 aliphatic heterocycles. The first kappa shape index (κ1) is 13.3. The van der Waals surface area contributed by atoms with Gasteiger partial charge in [0.05, 0.1) is 11.3 Å². The van der Waals surface area contributed by atoms with Crippen molar-refractivity contribution < 1.29 is 14.6 Å². The Hall–Kier alpha value is -1.14. The van der Waals surface area contributed by atoms with E-state index in [4.69, 9.17) is 9.84 Å². The van der Waals surface area contributed by atoms with Crippen LogP contribution in [0.4, 0.5) is 5.13 Å². The molecule has 1 N–H and O–H groups in total. The van der Waals surface area contributed by atoms with E-state index in [1.165, 1.54) is 11.3 Å². The van der Waals surface area contributed by atoms with Crippen molar-refractivity contribution in [1.29, 1.82) is 0 Å². The highest BCUT2D eigenvalue weighted by atomic mass is 32.1. The van der Waals surface area contributed by atoms with Crippen LogP contribution in [0.1, 0.15) is 35.1 Å². The monoisotopic (exact) mass is 270 g/mol.